The lowest BCUT2D eigenvalue weighted by atomic mass is 9.92. The summed E-state index contributed by atoms with van der Waals surface area (Å²) < 4.78 is 5.79. The third-order valence-electron chi connectivity index (χ3n) is 4.86. The van der Waals surface area contributed by atoms with E-state index in [1.54, 1.807) is 24.3 Å². The number of nitrogens with zero attached hydrogens (tertiary/aromatic N) is 2. The average molecular weight is 433 g/mol. The fourth-order valence-electron chi connectivity index (χ4n) is 3.37. The number of benzene rings is 1. The highest BCUT2D eigenvalue weighted by Crippen LogP contribution is 2.33. The predicted molar refractivity (Wildman–Crippen MR) is 113 cm³/mol. The fraction of sp³-hybridized carbons (Fsp3) is 0.381. The molecule has 1 aliphatic rings. The summed E-state index contributed by atoms with van der Waals surface area (Å²) in [5, 5.41) is 16.3. The van der Waals surface area contributed by atoms with Gasteiger partial charge in [0, 0.05) is 6.20 Å². The first kappa shape index (κ1) is 21.2. The van der Waals surface area contributed by atoms with Gasteiger partial charge in [0.25, 0.3) is 0 Å². The van der Waals surface area contributed by atoms with Crippen molar-refractivity contribution in [3.8, 4) is 17.7 Å². The summed E-state index contributed by atoms with van der Waals surface area (Å²) in [5.74, 6) is 0.462. The molecular weight excluding hydrogens is 411 g/mol. The molecule has 0 bridgehead atoms. The van der Waals surface area contributed by atoms with Gasteiger partial charge in [0.1, 0.15) is 10.6 Å². The smallest absolute Gasteiger partial charge is 0.240 e. The number of nitrogens with one attached hydrogen (secondary N) is 2. The van der Waals surface area contributed by atoms with Crippen molar-refractivity contribution in [1.29, 1.82) is 5.26 Å². The van der Waals surface area contributed by atoms with E-state index in [9.17, 15) is 10.1 Å². The standard InChI is InChI=1S/C21H22Cl2N4O2/c22-15-11-16(23)20(26-12-15)29-18-8-4-3-7-17(18)25-13-19(28)27-21(14-24)9-5-1-2-6-10-21/h3-4,7-8,11-12,25H,1-2,5-6,9-10,13H2,(H,27,28). The molecule has 0 saturated heterocycles. The maximum atomic E-state index is 12.5. The third-order valence-corrected chi connectivity index (χ3v) is 5.33. The largest absolute Gasteiger partial charge is 0.435 e. The van der Waals surface area contributed by atoms with Gasteiger partial charge in [-0.25, -0.2) is 4.98 Å². The molecule has 6 nitrogen and oxygen atoms in total. The van der Waals surface area contributed by atoms with Crippen LogP contribution in [-0.4, -0.2) is 23.0 Å². The van der Waals surface area contributed by atoms with Crippen LogP contribution < -0.4 is 15.4 Å². The number of carbonyl (C=O) groups is 1. The molecule has 1 fully saturated rings. The molecular formula is C21H22Cl2N4O2. The van der Waals surface area contributed by atoms with Crippen molar-refractivity contribution in [1.82, 2.24) is 10.3 Å². The number of para-hydroxylation sites is 2. The first-order chi connectivity index (χ1) is 14.0. The van der Waals surface area contributed by atoms with Gasteiger partial charge in [-0.15, -0.1) is 0 Å². The zero-order valence-electron chi connectivity index (χ0n) is 15.9. The highest BCUT2D eigenvalue weighted by atomic mass is 35.5. The summed E-state index contributed by atoms with van der Waals surface area (Å²) in [4.78, 5) is 16.6. The van der Waals surface area contributed by atoms with E-state index in [0.717, 1.165) is 25.7 Å². The molecule has 1 amide bonds. The Bertz CT molecular complexity index is 906. The van der Waals surface area contributed by atoms with Gasteiger partial charge < -0.3 is 15.4 Å². The zero-order valence-corrected chi connectivity index (χ0v) is 17.4. The molecule has 0 radical (unpaired) electrons. The molecule has 1 heterocycles. The topological polar surface area (TPSA) is 87.0 Å². The molecule has 8 heteroatoms. The van der Waals surface area contributed by atoms with Crippen LogP contribution in [0, 0.1) is 11.3 Å². The molecule has 1 aromatic heterocycles. The quantitative estimate of drug-likeness (QED) is 0.602. The van der Waals surface area contributed by atoms with Gasteiger partial charge in [-0.1, -0.05) is 61.0 Å². The highest BCUT2D eigenvalue weighted by Gasteiger charge is 2.32. The minimum Gasteiger partial charge on any atom is -0.435 e. The van der Waals surface area contributed by atoms with Crippen LogP contribution in [0.2, 0.25) is 10.0 Å². The number of carbonyl (C=O) groups excluding carboxylic acids is 1. The number of anilines is 1. The molecule has 0 spiro atoms. The normalized spacial score (nSPS) is 15.6. The van der Waals surface area contributed by atoms with Crippen molar-refractivity contribution in [2.45, 2.75) is 44.1 Å². The Morgan fingerprint density at radius 3 is 2.62 bits per heavy atom. The van der Waals surface area contributed by atoms with Crippen molar-refractivity contribution < 1.29 is 9.53 Å². The second-order valence-corrected chi connectivity index (χ2v) is 7.89. The first-order valence-electron chi connectivity index (χ1n) is 9.55. The molecule has 29 heavy (non-hydrogen) atoms. The maximum Gasteiger partial charge on any atom is 0.240 e. The summed E-state index contributed by atoms with van der Waals surface area (Å²) in [5.41, 5.74) is -0.159. The van der Waals surface area contributed by atoms with Gasteiger partial charge in [-0.05, 0) is 31.0 Å². The minimum absolute atomic E-state index is 0.0194. The molecule has 2 aromatic rings. The number of hydrogen-bond donors (Lipinski definition) is 2. The Kier molecular flexibility index (Phi) is 7.18. The summed E-state index contributed by atoms with van der Waals surface area (Å²) >= 11 is 12.0. The van der Waals surface area contributed by atoms with E-state index >= 15 is 0 Å². The predicted octanol–water partition coefficient (Wildman–Crippen LogP) is 5.33. The number of halogens is 2. The van der Waals surface area contributed by atoms with Crippen LogP contribution in [0.1, 0.15) is 38.5 Å². The van der Waals surface area contributed by atoms with E-state index in [-0.39, 0.29) is 23.4 Å². The van der Waals surface area contributed by atoms with E-state index < -0.39 is 5.54 Å². The number of hydrogen-bond acceptors (Lipinski definition) is 5. The number of amides is 1. The number of pyridine rings is 1. The summed E-state index contributed by atoms with van der Waals surface area (Å²) in [6.45, 7) is 0.0194. The highest BCUT2D eigenvalue weighted by molar-refractivity contribution is 6.35. The molecule has 0 atom stereocenters. The molecule has 0 unspecified atom stereocenters. The van der Waals surface area contributed by atoms with Crippen LogP contribution >= 0.6 is 23.2 Å². The number of aromatic nitrogens is 1. The Labute approximate surface area is 180 Å². The van der Waals surface area contributed by atoms with Gasteiger partial charge >= 0.3 is 0 Å². The number of rotatable bonds is 6. The molecule has 1 aliphatic carbocycles. The lowest BCUT2D eigenvalue weighted by Crippen LogP contribution is -2.48. The van der Waals surface area contributed by atoms with Crippen molar-refractivity contribution in [3.63, 3.8) is 0 Å². The van der Waals surface area contributed by atoms with Crippen LogP contribution in [0.15, 0.2) is 36.5 Å². The second-order valence-electron chi connectivity index (χ2n) is 7.05. The van der Waals surface area contributed by atoms with Crippen molar-refractivity contribution in [3.05, 3.63) is 46.6 Å². The van der Waals surface area contributed by atoms with Gasteiger partial charge in [-0.2, -0.15) is 5.26 Å². The van der Waals surface area contributed by atoms with Crippen LogP contribution in [0.25, 0.3) is 0 Å². The van der Waals surface area contributed by atoms with Crippen molar-refractivity contribution >= 4 is 34.8 Å². The van der Waals surface area contributed by atoms with Crippen LogP contribution in [-0.2, 0) is 4.79 Å². The second kappa shape index (κ2) is 9.82. The molecule has 1 aromatic carbocycles. The van der Waals surface area contributed by atoms with Gasteiger partial charge in [0.05, 0.1) is 23.3 Å². The van der Waals surface area contributed by atoms with E-state index in [0.29, 0.717) is 29.3 Å². The average Bonchev–Trinajstić information content (AvgIpc) is 2.95. The summed E-state index contributed by atoms with van der Waals surface area (Å²) in [6.07, 6.45) is 6.93. The zero-order chi connectivity index (χ0) is 20.7. The minimum atomic E-state index is -0.772. The van der Waals surface area contributed by atoms with Crippen LogP contribution in [0.3, 0.4) is 0 Å². The van der Waals surface area contributed by atoms with Crippen LogP contribution in [0.4, 0.5) is 5.69 Å². The fourth-order valence-corrected chi connectivity index (χ4v) is 3.79. The lowest BCUT2D eigenvalue weighted by Gasteiger charge is -2.26. The molecule has 1 saturated carbocycles. The van der Waals surface area contributed by atoms with Gasteiger partial charge in [0.15, 0.2) is 5.75 Å². The Balaban J connectivity index is 1.65. The monoisotopic (exact) mass is 432 g/mol. The number of nitriles is 1. The van der Waals surface area contributed by atoms with Crippen molar-refractivity contribution in [2.75, 3.05) is 11.9 Å². The molecule has 3 rings (SSSR count). The van der Waals surface area contributed by atoms with Gasteiger partial charge in [0.2, 0.25) is 11.8 Å². The third kappa shape index (κ3) is 5.75. The molecule has 2 N–H and O–H groups in total. The van der Waals surface area contributed by atoms with Gasteiger partial charge in [-0.3, -0.25) is 4.79 Å². The van der Waals surface area contributed by atoms with Crippen LogP contribution in [0.5, 0.6) is 11.6 Å². The number of ether oxygens (including phenoxy) is 1. The van der Waals surface area contributed by atoms with E-state index in [1.807, 2.05) is 6.07 Å². The molecule has 152 valence electrons. The van der Waals surface area contributed by atoms with Crippen molar-refractivity contribution in [2.24, 2.45) is 0 Å². The van der Waals surface area contributed by atoms with E-state index in [2.05, 4.69) is 21.7 Å². The summed E-state index contributed by atoms with van der Waals surface area (Å²) in [7, 11) is 0. The lowest BCUT2D eigenvalue weighted by molar-refractivity contribution is -0.120. The molecule has 0 aliphatic heterocycles. The summed E-state index contributed by atoms with van der Waals surface area (Å²) in [6, 6.07) is 11.0. The maximum absolute atomic E-state index is 12.5. The Hall–Kier alpha value is -2.49. The first-order valence-corrected chi connectivity index (χ1v) is 10.3. The van der Waals surface area contributed by atoms with E-state index in [4.69, 9.17) is 27.9 Å². The Morgan fingerprint density at radius 2 is 1.93 bits per heavy atom. The SMILES string of the molecule is N#CC1(NC(=O)CNc2ccccc2Oc2ncc(Cl)cc2Cl)CCCCCC1. The van der Waals surface area contributed by atoms with E-state index in [1.165, 1.54) is 6.20 Å². The Morgan fingerprint density at radius 1 is 1.21 bits per heavy atom.